The fraction of sp³-hybridized carbons (Fsp3) is 0.182. The van der Waals surface area contributed by atoms with E-state index in [-0.39, 0.29) is 16.3 Å². The Morgan fingerprint density at radius 2 is 1.89 bits per heavy atom. The van der Waals surface area contributed by atoms with E-state index in [0.717, 1.165) is 6.07 Å². The van der Waals surface area contributed by atoms with Gasteiger partial charge in [0.15, 0.2) is 0 Å². The molecule has 0 radical (unpaired) electrons. The molecular formula is C11H10ClNO6. The molecule has 0 aliphatic heterocycles. The molecular weight excluding hydrogens is 278 g/mol. The van der Waals surface area contributed by atoms with Gasteiger partial charge in [0.05, 0.1) is 12.0 Å². The number of carbonyl (C=O) groups is 3. The number of aliphatic carboxylic acids is 2. The molecule has 1 atom stereocenters. The molecule has 4 N–H and O–H groups in total. The number of hydrogen-bond donors (Lipinski definition) is 4. The zero-order valence-electron chi connectivity index (χ0n) is 9.46. The van der Waals surface area contributed by atoms with Crippen molar-refractivity contribution in [3.05, 3.63) is 28.8 Å². The smallest absolute Gasteiger partial charge is 0.326 e. The number of benzene rings is 1. The number of phenols is 1. The van der Waals surface area contributed by atoms with Crippen LogP contribution in [0.2, 0.25) is 5.02 Å². The summed E-state index contributed by atoms with van der Waals surface area (Å²) in [7, 11) is 0. The predicted molar refractivity (Wildman–Crippen MR) is 64.3 cm³/mol. The quantitative estimate of drug-likeness (QED) is 0.632. The Labute approximate surface area is 112 Å². The molecule has 0 saturated heterocycles. The molecule has 19 heavy (non-hydrogen) atoms. The van der Waals surface area contributed by atoms with E-state index in [2.05, 4.69) is 0 Å². The summed E-state index contributed by atoms with van der Waals surface area (Å²) in [5, 5.41) is 28.9. The lowest BCUT2D eigenvalue weighted by atomic mass is 10.1. The standard InChI is InChI=1S/C11H10ClNO6/c12-5-1-2-8(14)6(3-5)10(17)13-7(11(18)19)4-9(15)16/h1-3,7,14H,4H2,(H,13,17)(H,15,16)(H,18,19)/t7-/m0/s1. The van der Waals surface area contributed by atoms with Crippen molar-refractivity contribution in [2.24, 2.45) is 0 Å². The van der Waals surface area contributed by atoms with Gasteiger partial charge in [0.2, 0.25) is 0 Å². The number of carbonyl (C=O) groups excluding carboxylic acids is 1. The second-order valence-electron chi connectivity index (χ2n) is 3.62. The van der Waals surface area contributed by atoms with Crippen LogP contribution in [0.4, 0.5) is 0 Å². The van der Waals surface area contributed by atoms with Crippen LogP contribution in [0, 0.1) is 0 Å². The highest BCUT2D eigenvalue weighted by atomic mass is 35.5. The summed E-state index contributed by atoms with van der Waals surface area (Å²) in [6, 6.07) is 2.07. The average molecular weight is 288 g/mol. The minimum absolute atomic E-state index is 0.174. The number of amides is 1. The van der Waals surface area contributed by atoms with E-state index in [1.807, 2.05) is 5.32 Å². The maximum atomic E-state index is 11.7. The molecule has 0 aliphatic carbocycles. The number of carboxylic acids is 2. The van der Waals surface area contributed by atoms with Gasteiger partial charge >= 0.3 is 11.9 Å². The van der Waals surface area contributed by atoms with Gasteiger partial charge in [-0.2, -0.15) is 0 Å². The van der Waals surface area contributed by atoms with Gasteiger partial charge in [0.25, 0.3) is 5.91 Å². The Bertz CT molecular complexity index is 530. The topological polar surface area (TPSA) is 124 Å². The second-order valence-corrected chi connectivity index (χ2v) is 4.06. The van der Waals surface area contributed by atoms with E-state index in [0.29, 0.717) is 0 Å². The third-order valence-electron chi connectivity index (χ3n) is 2.19. The maximum absolute atomic E-state index is 11.7. The molecule has 1 aromatic carbocycles. The first-order valence-corrected chi connectivity index (χ1v) is 5.43. The summed E-state index contributed by atoms with van der Waals surface area (Å²) >= 11 is 5.64. The molecule has 0 aliphatic rings. The normalized spacial score (nSPS) is 11.6. The van der Waals surface area contributed by atoms with Crippen LogP contribution in [0.15, 0.2) is 18.2 Å². The minimum atomic E-state index is -1.59. The van der Waals surface area contributed by atoms with Gasteiger partial charge in [0, 0.05) is 5.02 Å². The molecule has 0 unspecified atom stereocenters. The summed E-state index contributed by atoms with van der Waals surface area (Å²) in [5.74, 6) is -4.17. The molecule has 1 rings (SSSR count). The Kier molecular flexibility index (Phi) is 4.71. The Hall–Kier alpha value is -2.28. The number of rotatable bonds is 5. The molecule has 0 bridgehead atoms. The van der Waals surface area contributed by atoms with Gasteiger partial charge in [0.1, 0.15) is 11.8 Å². The first-order valence-electron chi connectivity index (χ1n) is 5.05. The van der Waals surface area contributed by atoms with Crippen molar-refractivity contribution in [3.8, 4) is 5.75 Å². The molecule has 7 nitrogen and oxygen atoms in total. The van der Waals surface area contributed by atoms with Crippen LogP contribution in [-0.4, -0.2) is 39.2 Å². The van der Waals surface area contributed by atoms with E-state index >= 15 is 0 Å². The average Bonchev–Trinajstić information content (AvgIpc) is 2.30. The Balaban J connectivity index is 2.90. The van der Waals surface area contributed by atoms with Crippen LogP contribution >= 0.6 is 11.6 Å². The van der Waals surface area contributed by atoms with E-state index in [1.54, 1.807) is 0 Å². The molecule has 0 fully saturated rings. The largest absolute Gasteiger partial charge is 0.507 e. The van der Waals surface area contributed by atoms with Gasteiger partial charge < -0.3 is 20.6 Å². The zero-order chi connectivity index (χ0) is 14.6. The van der Waals surface area contributed by atoms with Crippen LogP contribution < -0.4 is 5.32 Å². The highest BCUT2D eigenvalue weighted by Crippen LogP contribution is 2.21. The van der Waals surface area contributed by atoms with Crippen LogP contribution in [-0.2, 0) is 9.59 Å². The van der Waals surface area contributed by atoms with Gasteiger partial charge in [-0.15, -0.1) is 0 Å². The van der Waals surface area contributed by atoms with Crippen molar-refractivity contribution in [1.82, 2.24) is 5.32 Å². The SMILES string of the molecule is O=C(O)C[C@H](NC(=O)c1cc(Cl)ccc1O)C(=O)O. The molecule has 8 heteroatoms. The lowest BCUT2D eigenvalue weighted by molar-refractivity contribution is -0.145. The van der Waals surface area contributed by atoms with Gasteiger partial charge in [-0.1, -0.05) is 11.6 Å². The number of aromatic hydroxyl groups is 1. The molecule has 0 spiro atoms. The third-order valence-corrected chi connectivity index (χ3v) is 2.42. The van der Waals surface area contributed by atoms with Crippen LogP contribution in [0.3, 0.4) is 0 Å². The van der Waals surface area contributed by atoms with Crippen molar-refractivity contribution in [1.29, 1.82) is 0 Å². The first-order chi connectivity index (χ1) is 8.81. The predicted octanol–water partition coefficient (Wildman–Crippen LogP) is 0.703. The number of carboxylic acid groups (broad SMARTS) is 2. The van der Waals surface area contributed by atoms with E-state index in [1.165, 1.54) is 12.1 Å². The Morgan fingerprint density at radius 1 is 1.26 bits per heavy atom. The number of halogens is 1. The lowest BCUT2D eigenvalue weighted by Crippen LogP contribution is -2.42. The van der Waals surface area contributed by atoms with Crippen molar-refractivity contribution in [3.63, 3.8) is 0 Å². The molecule has 0 saturated carbocycles. The highest BCUT2D eigenvalue weighted by Gasteiger charge is 2.24. The van der Waals surface area contributed by atoms with Crippen LogP contribution in [0.1, 0.15) is 16.8 Å². The molecule has 0 aromatic heterocycles. The number of nitrogens with one attached hydrogen (secondary N) is 1. The fourth-order valence-corrected chi connectivity index (χ4v) is 1.47. The lowest BCUT2D eigenvalue weighted by Gasteiger charge is -2.13. The Morgan fingerprint density at radius 3 is 2.42 bits per heavy atom. The zero-order valence-corrected chi connectivity index (χ0v) is 10.2. The van der Waals surface area contributed by atoms with Crippen LogP contribution in [0.25, 0.3) is 0 Å². The summed E-state index contributed by atoms with van der Waals surface area (Å²) in [6.45, 7) is 0. The van der Waals surface area contributed by atoms with Crippen molar-refractivity contribution < 1.29 is 29.7 Å². The number of phenolic OH excluding ortho intramolecular Hbond substituents is 1. The summed E-state index contributed by atoms with van der Waals surface area (Å²) in [4.78, 5) is 33.0. The minimum Gasteiger partial charge on any atom is -0.507 e. The summed E-state index contributed by atoms with van der Waals surface area (Å²) in [5.41, 5.74) is -0.232. The monoisotopic (exact) mass is 287 g/mol. The number of hydrogen-bond acceptors (Lipinski definition) is 4. The van der Waals surface area contributed by atoms with Crippen molar-refractivity contribution in [2.45, 2.75) is 12.5 Å². The third kappa shape index (κ3) is 4.14. The summed E-state index contributed by atoms with van der Waals surface area (Å²) < 4.78 is 0. The highest BCUT2D eigenvalue weighted by molar-refractivity contribution is 6.31. The van der Waals surface area contributed by atoms with Crippen molar-refractivity contribution in [2.75, 3.05) is 0 Å². The fourth-order valence-electron chi connectivity index (χ4n) is 1.30. The van der Waals surface area contributed by atoms with Crippen molar-refractivity contribution >= 4 is 29.4 Å². The molecule has 102 valence electrons. The van der Waals surface area contributed by atoms with E-state index in [9.17, 15) is 19.5 Å². The molecule has 1 aromatic rings. The molecule has 0 heterocycles. The first kappa shape index (κ1) is 14.8. The van der Waals surface area contributed by atoms with Gasteiger partial charge in [-0.3, -0.25) is 9.59 Å². The maximum Gasteiger partial charge on any atom is 0.326 e. The van der Waals surface area contributed by atoms with Gasteiger partial charge in [-0.25, -0.2) is 4.79 Å². The van der Waals surface area contributed by atoms with E-state index in [4.69, 9.17) is 21.8 Å². The van der Waals surface area contributed by atoms with Gasteiger partial charge in [-0.05, 0) is 18.2 Å². The second kappa shape index (κ2) is 6.05. The van der Waals surface area contributed by atoms with Crippen LogP contribution in [0.5, 0.6) is 5.75 Å². The summed E-state index contributed by atoms with van der Waals surface area (Å²) in [6.07, 6.45) is -0.775. The molecule has 1 amide bonds. The van der Waals surface area contributed by atoms with E-state index < -0.39 is 30.3 Å².